The molecule has 0 fully saturated rings. The zero-order valence-corrected chi connectivity index (χ0v) is 13.8. The van der Waals surface area contributed by atoms with Gasteiger partial charge in [-0.3, -0.25) is 0 Å². The monoisotopic (exact) mass is 322 g/mol. The van der Waals surface area contributed by atoms with Crippen molar-refractivity contribution in [1.29, 1.82) is 0 Å². The fraction of sp³-hybridized carbons (Fsp3) is 0.400. The zero-order chi connectivity index (χ0) is 15.0. The van der Waals surface area contributed by atoms with Gasteiger partial charge in [0.05, 0.1) is 11.2 Å². The number of aromatic nitrogens is 1. The van der Waals surface area contributed by atoms with E-state index in [-0.39, 0.29) is 0 Å². The van der Waals surface area contributed by atoms with E-state index in [2.05, 4.69) is 11.1 Å². The molecule has 0 bridgehead atoms. The summed E-state index contributed by atoms with van der Waals surface area (Å²) in [5, 5.41) is 0.863. The Morgan fingerprint density at radius 3 is 2.90 bits per heavy atom. The first-order valence-corrected chi connectivity index (χ1v) is 9.30. The molecule has 1 aliphatic rings. The van der Waals surface area contributed by atoms with E-state index < -0.39 is 10.0 Å². The van der Waals surface area contributed by atoms with Crippen LogP contribution in [-0.4, -0.2) is 24.3 Å². The SMILES string of the molecule is CCc1ncc(S(=O)(=O)N2CCc3cccc(C)c3C2)s1. The molecule has 0 aliphatic carbocycles. The van der Waals surface area contributed by atoms with Gasteiger partial charge in [0.1, 0.15) is 0 Å². The number of rotatable bonds is 3. The summed E-state index contributed by atoms with van der Waals surface area (Å²) in [7, 11) is -3.42. The summed E-state index contributed by atoms with van der Waals surface area (Å²) in [4.78, 5) is 4.17. The highest BCUT2D eigenvalue weighted by Crippen LogP contribution is 2.29. The van der Waals surface area contributed by atoms with Gasteiger partial charge >= 0.3 is 0 Å². The lowest BCUT2D eigenvalue weighted by Crippen LogP contribution is -2.36. The molecule has 4 nitrogen and oxygen atoms in total. The fourth-order valence-corrected chi connectivity index (χ4v) is 5.32. The van der Waals surface area contributed by atoms with Gasteiger partial charge in [-0.2, -0.15) is 4.31 Å². The summed E-state index contributed by atoms with van der Waals surface area (Å²) in [6, 6.07) is 6.17. The average Bonchev–Trinajstić information content (AvgIpc) is 2.97. The highest BCUT2D eigenvalue weighted by Gasteiger charge is 2.30. The molecule has 6 heteroatoms. The molecule has 0 saturated carbocycles. The van der Waals surface area contributed by atoms with Gasteiger partial charge in [-0.1, -0.05) is 25.1 Å². The molecule has 0 amide bonds. The van der Waals surface area contributed by atoms with Gasteiger partial charge in [-0.15, -0.1) is 11.3 Å². The van der Waals surface area contributed by atoms with Crippen LogP contribution in [0, 0.1) is 6.92 Å². The molecule has 1 aromatic heterocycles. The molecule has 0 N–H and O–H groups in total. The summed E-state index contributed by atoms with van der Waals surface area (Å²) < 4.78 is 27.4. The minimum atomic E-state index is -3.42. The van der Waals surface area contributed by atoms with Gasteiger partial charge in [-0.25, -0.2) is 13.4 Å². The standard InChI is InChI=1S/C15H18N2O2S2/c1-3-14-16-9-15(20-14)21(18,19)17-8-7-12-6-4-5-11(2)13(12)10-17/h4-6,9H,3,7-8,10H2,1-2H3. The number of sulfonamides is 1. The average molecular weight is 322 g/mol. The van der Waals surface area contributed by atoms with Crippen LogP contribution in [0.25, 0.3) is 0 Å². The first-order chi connectivity index (χ1) is 10.0. The molecular weight excluding hydrogens is 304 g/mol. The van der Waals surface area contributed by atoms with Crippen molar-refractivity contribution in [3.8, 4) is 0 Å². The van der Waals surface area contributed by atoms with Gasteiger partial charge in [0, 0.05) is 13.1 Å². The van der Waals surface area contributed by atoms with E-state index in [1.807, 2.05) is 26.0 Å². The lowest BCUT2D eigenvalue weighted by atomic mass is 9.97. The minimum Gasteiger partial charge on any atom is -0.248 e. The molecule has 0 unspecified atom stereocenters. The van der Waals surface area contributed by atoms with Crippen LogP contribution in [0.15, 0.2) is 28.6 Å². The van der Waals surface area contributed by atoms with Gasteiger partial charge in [0.15, 0.2) is 4.21 Å². The van der Waals surface area contributed by atoms with Crippen LogP contribution in [0.2, 0.25) is 0 Å². The van der Waals surface area contributed by atoms with E-state index >= 15 is 0 Å². The molecule has 0 spiro atoms. The van der Waals surface area contributed by atoms with Crippen LogP contribution in [0.5, 0.6) is 0 Å². The summed E-state index contributed by atoms with van der Waals surface area (Å²) in [5.41, 5.74) is 3.57. The third-order valence-electron chi connectivity index (χ3n) is 3.90. The topological polar surface area (TPSA) is 50.3 Å². The predicted molar refractivity (Wildman–Crippen MR) is 84.0 cm³/mol. The molecule has 2 heterocycles. The van der Waals surface area contributed by atoms with E-state index in [4.69, 9.17) is 0 Å². The van der Waals surface area contributed by atoms with Crippen molar-refractivity contribution < 1.29 is 8.42 Å². The van der Waals surface area contributed by atoms with Gasteiger partial charge < -0.3 is 0 Å². The predicted octanol–water partition coefficient (Wildman–Crippen LogP) is 2.76. The first-order valence-electron chi connectivity index (χ1n) is 7.04. The fourth-order valence-electron chi connectivity index (χ4n) is 2.63. The maximum atomic E-state index is 12.7. The number of benzene rings is 1. The van der Waals surface area contributed by atoms with Crippen LogP contribution in [0.4, 0.5) is 0 Å². The van der Waals surface area contributed by atoms with Crippen LogP contribution >= 0.6 is 11.3 Å². The molecule has 0 atom stereocenters. The van der Waals surface area contributed by atoms with E-state index in [1.54, 1.807) is 4.31 Å². The molecule has 112 valence electrons. The Kier molecular flexibility index (Phi) is 3.86. The summed E-state index contributed by atoms with van der Waals surface area (Å²) in [5.74, 6) is 0. The minimum absolute atomic E-state index is 0.358. The quantitative estimate of drug-likeness (QED) is 0.873. The van der Waals surface area contributed by atoms with E-state index in [0.717, 1.165) is 29.0 Å². The first kappa shape index (κ1) is 14.7. The van der Waals surface area contributed by atoms with E-state index in [1.165, 1.54) is 23.1 Å². The number of hydrogen-bond donors (Lipinski definition) is 0. The smallest absolute Gasteiger partial charge is 0.248 e. The number of aryl methyl sites for hydroxylation is 2. The van der Waals surface area contributed by atoms with Crippen molar-refractivity contribution >= 4 is 21.4 Å². The van der Waals surface area contributed by atoms with Crippen LogP contribution < -0.4 is 0 Å². The van der Waals surface area contributed by atoms with Crippen LogP contribution in [0.3, 0.4) is 0 Å². The second kappa shape index (κ2) is 5.51. The molecule has 21 heavy (non-hydrogen) atoms. The molecular formula is C15H18N2O2S2. The molecule has 0 radical (unpaired) electrons. The Morgan fingerprint density at radius 2 is 2.19 bits per heavy atom. The Hall–Kier alpha value is -1.24. The Bertz CT molecular complexity index is 766. The number of fused-ring (bicyclic) bond motifs is 1. The van der Waals surface area contributed by atoms with Crippen molar-refractivity contribution in [2.75, 3.05) is 6.54 Å². The molecule has 1 aliphatic heterocycles. The van der Waals surface area contributed by atoms with Crippen molar-refractivity contribution in [2.45, 2.75) is 37.4 Å². The summed E-state index contributed by atoms with van der Waals surface area (Å²) in [6.07, 6.45) is 3.03. The van der Waals surface area contributed by atoms with E-state index in [9.17, 15) is 8.42 Å². The normalized spacial score (nSPS) is 15.9. The van der Waals surface area contributed by atoms with Crippen molar-refractivity contribution in [3.63, 3.8) is 0 Å². The second-order valence-electron chi connectivity index (χ2n) is 5.23. The van der Waals surface area contributed by atoms with Crippen LogP contribution in [-0.2, 0) is 29.4 Å². The van der Waals surface area contributed by atoms with Gasteiger partial charge in [-0.05, 0) is 36.5 Å². The lowest BCUT2D eigenvalue weighted by molar-refractivity contribution is 0.391. The zero-order valence-electron chi connectivity index (χ0n) is 12.2. The van der Waals surface area contributed by atoms with Crippen molar-refractivity contribution in [1.82, 2.24) is 9.29 Å². The highest BCUT2D eigenvalue weighted by atomic mass is 32.2. The van der Waals surface area contributed by atoms with E-state index in [0.29, 0.717) is 17.3 Å². The second-order valence-corrected chi connectivity index (χ2v) is 8.51. The third kappa shape index (κ3) is 2.63. The maximum Gasteiger partial charge on any atom is 0.254 e. The molecule has 2 aromatic rings. The Labute approximate surface area is 129 Å². The molecule has 3 rings (SSSR count). The Morgan fingerprint density at radius 1 is 1.38 bits per heavy atom. The lowest BCUT2D eigenvalue weighted by Gasteiger charge is -2.28. The summed E-state index contributed by atoms with van der Waals surface area (Å²) >= 11 is 1.28. The number of thiazole rings is 1. The highest BCUT2D eigenvalue weighted by molar-refractivity contribution is 7.91. The van der Waals surface area contributed by atoms with Crippen molar-refractivity contribution in [3.05, 3.63) is 46.1 Å². The molecule has 0 saturated heterocycles. The third-order valence-corrected chi connectivity index (χ3v) is 7.32. The largest absolute Gasteiger partial charge is 0.254 e. The molecule has 1 aromatic carbocycles. The van der Waals surface area contributed by atoms with Gasteiger partial charge in [0.2, 0.25) is 0 Å². The van der Waals surface area contributed by atoms with Crippen molar-refractivity contribution in [2.24, 2.45) is 0 Å². The Balaban J connectivity index is 1.93. The maximum absolute atomic E-state index is 12.7. The number of nitrogens with zero attached hydrogens (tertiary/aromatic N) is 2. The van der Waals surface area contributed by atoms with Gasteiger partial charge in [0.25, 0.3) is 10.0 Å². The summed E-state index contributed by atoms with van der Waals surface area (Å²) in [6.45, 7) is 5.02. The van der Waals surface area contributed by atoms with Crippen LogP contribution in [0.1, 0.15) is 28.6 Å². The number of hydrogen-bond acceptors (Lipinski definition) is 4.